The van der Waals surface area contributed by atoms with Crippen molar-refractivity contribution in [2.45, 2.75) is 19.3 Å². The van der Waals surface area contributed by atoms with Gasteiger partial charge in [0.15, 0.2) is 0 Å². The first kappa shape index (κ1) is 30.4. The molecule has 2 aliphatic rings. The van der Waals surface area contributed by atoms with E-state index in [0.717, 1.165) is 22.5 Å². The molecule has 0 fully saturated rings. The Bertz CT molecular complexity index is 2770. The van der Waals surface area contributed by atoms with E-state index in [-0.39, 0.29) is 5.41 Å². The molecule has 1 heterocycles. The molecule has 1 nitrogen and oxygen atoms in total. The van der Waals surface area contributed by atoms with E-state index in [2.05, 4.69) is 201 Å². The van der Waals surface area contributed by atoms with E-state index in [1.165, 1.54) is 76.8 Å². The summed E-state index contributed by atoms with van der Waals surface area (Å²) in [5.41, 5.74) is 14.7. The lowest BCUT2D eigenvalue weighted by Crippen LogP contribution is -2.17. The molecule has 52 heavy (non-hydrogen) atoms. The number of hydrogen-bond donors (Lipinski definition) is 0. The topological polar surface area (TPSA) is 3.24 Å². The zero-order valence-electron chi connectivity index (χ0n) is 29.4. The van der Waals surface area contributed by atoms with Crippen molar-refractivity contribution < 1.29 is 0 Å². The zero-order chi connectivity index (χ0) is 35.0. The minimum absolute atomic E-state index is 0.0933. The van der Waals surface area contributed by atoms with Crippen molar-refractivity contribution in [1.82, 2.24) is 0 Å². The smallest absolute Gasteiger partial charge is 0.0540 e. The first-order valence-corrected chi connectivity index (χ1v) is 18.1. The highest BCUT2D eigenvalue weighted by Gasteiger charge is 2.36. The summed E-state index contributed by atoms with van der Waals surface area (Å²) in [7, 11) is 0. The number of nitrogens with zero attached hydrogens (tertiary/aromatic N) is 1. The van der Waals surface area contributed by atoms with E-state index in [1.807, 2.05) is 0 Å². The Kier molecular flexibility index (Phi) is 6.75. The minimum atomic E-state index is -0.0933. The number of benzene rings is 8. The Hall–Kier alpha value is -6.44. The van der Waals surface area contributed by atoms with E-state index in [4.69, 9.17) is 0 Å². The van der Waals surface area contributed by atoms with E-state index in [0.29, 0.717) is 0 Å². The van der Waals surface area contributed by atoms with Gasteiger partial charge in [-0.3, -0.25) is 0 Å². The monoisotopic (exact) mass is 663 g/mol. The quantitative estimate of drug-likeness (QED) is 0.170. The average molecular weight is 664 g/mol. The van der Waals surface area contributed by atoms with Crippen LogP contribution in [0.25, 0.3) is 71.3 Å². The molecule has 1 aliphatic carbocycles. The van der Waals surface area contributed by atoms with Crippen LogP contribution in [-0.4, -0.2) is 0 Å². The molecule has 0 saturated carbocycles. The third-order valence-corrected chi connectivity index (χ3v) is 11.4. The summed E-state index contributed by atoms with van der Waals surface area (Å²) in [5, 5.41) is 7.46. The summed E-state index contributed by atoms with van der Waals surface area (Å²) in [6, 6.07) is 55.9. The molecule has 246 valence electrons. The molecule has 0 bridgehead atoms. The number of fused-ring (bicyclic) bond motifs is 7. The summed E-state index contributed by atoms with van der Waals surface area (Å²) in [5.74, 6) is 0. The highest BCUT2D eigenvalue weighted by molar-refractivity contribution is 6.24. The van der Waals surface area contributed by atoms with Crippen LogP contribution in [0.15, 0.2) is 183 Å². The lowest BCUT2D eigenvalue weighted by molar-refractivity contribution is 0.660. The van der Waals surface area contributed by atoms with Gasteiger partial charge in [-0.15, -0.1) is 0 Å². The van der Waals surface area contributed by atoms with Crippen LogP contribution in [-0.2, 0) is 5.41 Å². The molecule has 8 aromatic rings. The van der Waals surface area contributed by atoms with Gasteiger partial charge in [0.2, 0.25) is 0 Å². The molecule has 1 heteroatoms. The third kappa shape index (κ3) is 4.42. The maximum atomic E-state index is 4.56. The zero-order valence-corrected chi connectivity index (χ0v) is 29.4. The van der Waals surface area contributed by atoms with Gasteiger partial charge >= 0.3 is 0 Å². The van der Waals surface area contributed by atoms with Gasteiger partial charge in [0.1, 0.15) is 0 Å². The van der Waals surface area contributed by atoms with Crippen LogP contribution in [0.5, 0.6) is 0 Å². The van der Waals surface area contributed by atoms with Gasteiger partial charge in [0.25, 0.3) is 0 Å². The molecule has 10 rings (SSSR count). The SMILES string of the molecule is C=C1/C=C\C=C/N(c2ccc(-c3c4ccccc4c(-c4ccccc4)c4ccccc34)c3ccccc23)c2cc3c(cc21)C(C)(C)c1ccccc1-3. The van der Waals surface area contributed by atoms with E-state index >= 15 is 0 Å². The highest BCUT2D eigenvalue weighted by atomic mass is 15.1. The van der Waals surface area contributed by atoms with Gasteiger partial charge < -0.3 is 4.90 Å². The van der Waals surface area contributed by atoms with Gasteiger partial charge in [0, 0.05) is 22.6 Å². The maximum Gasteiger partial charge on any atom is 0.0540 e. The van der Waals surface area contributed by atoms with Crippen molar-refractivity contribution in [3.63, 3.8) is 0 Å². The Balaban J connectivity index is 1.24. The second kappa shape index (κ2) is 11.5. The van der Waals surface area contributed by atoms with Gasteiger partial charge in [-0.05, 0) is 101 Å². The molecule has 0 saturated heterocycles. The summed E-state index contributed by atoms with van der Waals surface area (Å²) in [6.45, 7) is 9.25. The van der Waals surface area contributed by atoms with Crippen molar-refractivity contribution in [3.05, 3.63) is 199 Å². The normalized spacial score (nSPS) is 15.6. The Morgan fingerprint density at radius 2 is 1.04 bits per heavy atom. The molecule has 0 spiro atoms. The summed E-state index contributed by atoms with van der Waals surface area (Å²) in [6.07, 6.45) is 8.57. The molecule has 0 amide bonds. The summed E-state index contributed by atoms with van der Waals surface area (Å²) >= 11 is 0. The Morgan fingerprint density at radius 1 is 0.442 bits per heavy atom. The van der Waals surface area contributed by atoms with Crippen LogP contribution in [0.4, 0.5) is 11.4 Å². The lowest BCUT2D eigenvalue weighted by atomic mass is 9.81. The van der Waals surface area contributed by atoms with Crippen LogP contribution in [0, 0.1) is 0 Å². The molecule has 0 atom stereocenters. The van der Waals surface area contributed by atoms with Crippen molar-refractivity contribution in [1.29, 1.82) is 0 Å². The van der Waals surface area contributed by atoms with Gasteiger partial charge in [0.05, 0.1) is 11.4 Å². The third-order valence-electron chi connectivity index (χ3n) is 11.4. The fraction of sp³-hybridized carbons (Fsp3) is 0.0588. The van der Waals surface area contributed by atoms with Gasteiger partial charge in [-0.25, -0.2) is 0 Å². The summed E-state index contributed by atoms with van der Waals surface area (Å²) in [4.78, 5) is 2.37. The van der Waals surface area contributed by atoms with Crippen molar-refractivity contribution in [2.24, 2.45) is 0 Å². The largest absolute Gasteiger partial charge is 0.316 e. The molecule has 0 N–H and O–H groups in total. The van der Waals surface area contributed by atoms with Gasteiger partial charge in [-0.1, -0.05) is 166 Å². The Labute approximate surface area is 305 Å². The molecule has 0 unspecified atom stereocenters. The molecule has 0 aromatic heterocycles. The van der Waals surface area contributed by atoms with Gasteiger partial charge in [-0.2, -0.15) is 0 Å². The van der Waals surface area contributed by atoms with E-state index in [9.17, 15) is 0 Å². The van der Waals surface area contributed by atoms with Crippen molar-refractivity contribution >= 4 is 49.3 Å². The number of allylic oxidation sites excluding steroid dienone is 4. The molecule has 0 radical (unpaired) electrons. The molecule has 8 aromatic carbocycles. The van der Waals surface area contributed by atoms with Crippen LogP contribution >= 0.6 is 0 Å². The first-order chi connectivity index (χ1) is 25.5. The summed E-state index contributed by atoms with van der Waals surface area (Å²) < 4.78 is 0. The van der Waals surface area contributed by atoms with Crippen LogP contribution in [0.2, 0.25) is 0 Å². The fourth-order valence-corrected chi connectivity index (χ4v) is 8.93. The standard InChI is InChI=1S/C51H37N/c1-33-17-15-16-30-52(48-32-44-36-21-13-14-27-45(36)51(2,3)46(44)31-43(33)48)47-29-28-42(35-20-7-8-22-37(35)47)50-40-25-11-9-23-38(40)49(34-18-5-4-6-19-34)39-24-10-12-26-41(39)50/h4-32H,1H2,2-3H3/b17-15-,30-16-. The van der Waals surface area contributed by atoms with Crippen LogP contribution in [0.3, 0.4) is 0 Å². The van der Waals surface area contributed by atoms with Crippen molar-refractivity contribution in [3.8, 4) is 33.4 Å². The van der Waals surface area contributed by atoms with Crippen LogP contribution < -0.4 is 4.90 Å². The second-order valence-corrected chi connectivity index (χ2v) is 14.6. The second-order valence-electron chi connectivity index (χ2n) is 14.6. The predicted molar refractivity (Wildman–Crippen MR) is 223 cm³/mol. The molecular formula is C51H37N. The van der Waals surface area contributed by atoms with E-state index < -0.39 is 0 Å². The first-order valence-electron chi connectivity index (χ1n) is 18.1. The predicted octanol–water partition coefficient (Wildman–Crippen LogP) is 14.0. The fourth-order valence-electron chi connectivity index (χ4n) is 8.93. The minimum Gasteiger partial charge on any atom is -0.316 e. The lowest BCUT2D eigenvalue weighted by Gasteiger charge is -2.29. The number of anilines is 2. The van der Waals surface area contributed by atoms with Crippen LogP contribution in [0.1, 0.15) is 30.5 Å². The number of hydrogen-bond acceptors (Lipinski definition) is 1. The molecule has 1 aliphatic heterocycles. The average Bonchev–Trinajstić information content (AvgIpc) is 3.41. The molecular weight excluding hydrogens is 627 g/mol. The maximum absolute atomic E-state index is 4.56. The Morgan fingerprint density at radius 3 is 1.75 bits per heavy atom. The highest BCUT2D eigenvalue weighted by Crippen LogP contribution is 2.53. The van der Waals surface area contributed by atoms with E-state index in [1.54, 1.807) is 0 Å². The van der Waals surface area contributed by atoms with Crippen molar-refractivity contribution in [2.75, 3.05) is 4.90 Å². The number of rotatable bonds is 3.